The number of rotatable bonds is 6. The van der Waals surface area contributed by atoms with Crippen LogP contribution in [0.1, 0.15) is 56.4 Å². The topological polar surface area (TPSA) is 120 Å². The van der Waals surface area contributed by atoms with Gasteiger partial charge in [0.2, 0.25) is 5.91 Å². The Morgan fingerprint density at radius 1 is 1.10 bits per heavy atom. The summed E-state index contributed by atoms with van der Waals surface area (Å²) in [5, 5.41) is 18.6. The van der Waals surface area contributed by atoms with Crippen molar-refractivity contribution in [2.24, 2.45) is 13.0 Å². The zero-order valence-corrected chi connectivity index (χ0v) is 22.7. The molecule has 3 aliphatic rings. The third kappa shape index (κ3) is 7.51. The second kappa shape index (κ2) is 13.0. The summed E-state index contributed by atoms with van der Waals surface area (Å²) < 4.78 is 33.6. The van der Waals surface area contributed by atoms with E-state index in [0.29, 0.717) is 24.7 Å². The Morgan fingerprint density at radius 2 is 1.77 bits per heavy atom. The molecule has 0 atom stereocenters. The van der Waals surface area contributed by atoms with E-state index in [0.717, 1.165) is 16.8 Å². The summed E-state index contributed by atoms with van der Waals surface area (Å²) in [5.41, 5.74) is 2.40. The Kier molecular flexibility index (Phi) is 9.67. The molecule has 1 aromatic carbocycles. The fourth-order valence-corrected chi connectivity index (χ4v) is 5.74. The summed E-state index contributed by atoms with van der Waals surface area (Å²) in [6.45, 7) is 6.35. The van der Waals surface area contributed by atoms with E-state index in [1.807, 2.05) is 11.7 Å². The zero-order chi connectivity index (χ0) is 28.9. The van der Waals surface area contributed by atoms with Gasteiger partial charge in [0.05, 0.1) is 5.52 Å². The van der Waals surface area contributed by atoms with Gasteiger partial charge in [0.1, 0.15) is 0 Å². The first kappa shape index (κ1) is 29.8. The van der Waals surface area contributed by atoms with Gasteiger partial charge in [0.25, 0.3) is 0 Å². The molecule has 40 heavy (non-hydrogen) atoms. The summed E-state index contributed by atoms with van der Waals surface area (Å²) in [5.74, 6) is -0.850. The molecule has 3 N–H and O–H groups in total. The molecular weight excluding hydrogens is 529 g/mol. The molecule has 1 aromatic heterocycles. The van der Waals surface area contributed by atoms with Crippen molar-refractivity contribution >= 4 is 34.6 Å². The number of amides is 3. The number of likely N-dealkylation sites (tertiary alicyclic amines) is 1. The summed E-state index contributed by atoms with van der Waals surface area (Å²) >= 11 is 0. The predicted octanol–water partition coefficient (Wildman–Crippen LogP) is 3.61. The number of fused-ring (bicyclic) bond motifs is 1. The van der Waals surface area contributed by atoms with Crippen LogP contribution < -0.4 is 15.5 Å². The minimum atomic E-state index is -5.08. The third-order valence-electron chi connectivity index (χ3n) is 8.01. The predicted molar refractivity (Wildman–Crippen MR) is 143 cm³/mol. The molecule has 0 spiro atoms. The highest BCUT2D eigenvalue weighted by Gasteiger charge is 2.38. The molecule has 0 saturated carbocycles. The van der Waals surface area contributed by atoms with Crippen LogP contribution in [0.15, 0.2) is 18.2 Å². The minimum absolute atomic E-state index is 0.226. The van der Waals surface area contributed by atoms with Crippen LogP contribution in [0.25, 0.3) is 10.9 Å². The molecule has 3 aliphatic heterocycles. The molecule has 0 unspecified atom stereocenters. The van der Waals surface area contributed by atoms with E-state index < -0.39 is 12.1 Å². The maximum absolute atomic E-state index is 12.3. The number of hydrogen-bond acceptors (Lipinski definition) is 6. The number of piperidine rings is 2. The lowest BCUT2D eigenvalue weighted by Gasteiger charge is -2.33. The van der Waals surface area contributed by atoms with Crippen LogP contribution in [0, 0.1) is 5.92 Å². The Morgan fingerprint density at radius 3 is 2.40 bits per heavy atom. The molecule has 0 radical (unpaired) electrons. The average Bonchev–Trinajstić information content (AvgIpc) is 3.25. The van der Waals surface area contributed by atoms with Crippen molar-refractivity contribution in [3.63, 3.8) is 0 Å². The maximum atomic E-state index is 12.3. The molecule has 3 saturated heterocycles. The van der Waals surface area contributed by atoms with Gasteiger partial charge in [0, 0.05) is 25.4 Å². The van der Waals surface area contributed by atoms with Gasteiger partial charge in [-0.15, -0.1) is 0 Å². The van der Waals surface area contributed by atoms with Crippen LogP contribution in [0.5, 0.6) is 0 Å². The molecule has 0 aliphatic carbocycles. The third-order valence-corrected chi connectivity index (χ3v) is 8.01. The van der Waals surface area contributed by atoms with Gasteiger partial charge in [-0.3, -0.25) is 19.7 Å². The molecule has 5 rings (SSSR count). The van der Waals surface area contributed by atoms with Crippen LogP contribution in [0.3, 0.4) is 0 Å². The van der Waals surface area contributed by atoms with Crippen molar-refractivity contribution in [3.8, 4) is 0 Å². The van der Waals surface area contributed by atoms with Crippen molar-refractivity contribution in [1.82, 2.24) is 25.3 Å². The SMILES string of the molecule is Cn1nc(N2CCC(=O)NC2=O)c2ccc(C3CCN(CCCC4CCNCC4)CC3)cc21.O=C(O)C(F)(F)F. The molecule has 13 heteroatoms. The smallest absolute Gasteiger partial charge is 0.475 e. The molecular formula is C27H37F3N6O4. The van der Waals surface area contributed by atoms with E-state index in [9.17, 15) is 22.8 Å². The number of aryl methyl sites for hydroxylation is 1. The lowest BCUT2D eigenvalue weighted by Crippen LogP contribution is -2.49. The van der Waals surface area contributed by atoms with Crippen LogP contribution in [0.4, 0.5) is 23.8 Å². The van der Waals surface area contributed by atoms with E-state index >= 15 is 0 Å². The molecule has 3 amide bonds. The lowest BCUT2D eigenvalue weighted by molar-refractivity contribution is -0.192. The van der Waals surface area contributed by atoms with Crippen LogP contribution in [-0.2, 0) is 16.6 Å². The quantitative estimate of drug-likeness (QED) is 0.489. The summed E-state index contributed by atoms with van der Waals surface area (Å²) in [4.78, 5) is 36.9. The highest BCUT2D eigenvalue weighted by atomic mass is 19.4. The number of imide groups is 1. The highest BCUT2D eigenvalue weighted by molar-refractivity contribution is 6.08. The Labute approximate surface area is 230 Å². The molecule has 4 heterocycles. The lowest BCUT2D eigenvalue weighted by atomic mass is 9.88. The number of anilines is 1. The van der Waals surface area contributed by atoms with Gasteiger partial charge in [-0.2, -0.15) is 18.3 Å². The van der Waals surface area contributed by atoms with Gasteiger partial charge in [-0.1, -0.05) is 6.07 Å². The Hall–Kier alpha value is -3.19. The highest BCUT2D eigenvalue weighted by Crippen LogP contribution is 2.33. The van der Waals surface area contributed by atoms with Crippen LogP contribution >= 0.6 is 0 Å². The molecule has 2 aromatic rings. The monoisotopic (exact) mass is 566 g/mol. The summed E-state index contributed by atoms with van der Waals surface area (Å²) in [7, 11) is 1.92. The van der Waals surface area contributed by atoms with E-state index in [-0.39, 0.29) is 11.9 Å². The number of alkyl halides is 3. The second-order valence-electron chi connectivity index (χ2n) is 10.7. The van der Waals surface area contributed by atoms with Crippen molar-refractivity contribution in [2.75, 3.05) is 44.2 Å². The number of urea groups is 1. The van der Waals surface area contributed by atoms with Crippen molar-refractivity contribution < 1.29 is 32.7 Å². The number of halogens is 3. The number of aromatic nitrogens is 2. The second-order valence-corrected chi connectivity index (χ2v) is 10.7. The van der Waals surface area contributed by atoms with E-state index in [2.05, 4.69) is 38.8 Å². The van der Waals surface area contributed by atoms with Gasteiger partial charge in [-0.25, -0.2) is 9.59 Å². The minimum Gasteiger partial charge on any atom is -0.475 e. The largest absolute Gasteiger partial charge is 0.490 e. The average molecular weight is 567 g/mol. The molecule has 3 fully saturated rings. The molecule has 10 nitrogen and oxygen atoms in total. The number of aliphatic carboxylic acids is 1. The number of nitrogens with zero attached hydrogens (tertiary/aromatic N) is 4. The van der Waals surface area contributed by atoms with E-state index in [1.54, 1.807) is 4.90 Å². The number of carboxylic acid groups (broad SMARTS) is 1. The molecule has 0 bridgehead atoms. The van der Waals surface area contributed by atoms with Gasteiger partial charge in [0.15, 0.2) is 5.82 Å². The van der Waals surface area contributed by atoms with E-state index in [4.69, 9.17) is 9.90 Å². The van der Waals surface area contributed by atoms with Crippen molar-refractivity contribution in [3.05, 3.63) is 23.8 Å². The number of benzene rings is 1. The standard InChI is InChI=1S/C25H36N6O2.C2HF3O2/c1-29-22-17-20(4-5-21(22)24(28-29)31-16-10-23(32)27-25(31)33)19-8-14-30(15-9-19)13-2-3-18-6-11-26-12-7-18;3-2(4,5)1(6)7/h4-5,17-19,26H,2-3,6-16H2,1H3,(H,27,32,33);(H,6,7). The normalized spacial score (nSPS) is 19.9. The first-order valence-corrected chi connectivity index (χ1v) is 13.8. The van der Waals surface area contributed by atoms with Gasteiger partial charge in [-0.05, 0) is 101 Å². The number of carbonyl (C=O) groups is 3. The van der Waals surface area contributed by atoms with Crippen molar-refractivity contribution in [1.29, 1.82) is 0 Å². The Balaban J connectivity index is 0.000000470. The summed E-state index contributed by atoms with van der Waals surface area (Å²) in [6, 6.07) is 6.17. The number of nitrogens with one attached hydrogen (secondary N) is 2. The fraction of sp³-hybridized carbons (Fsp3) is 0.630. The number of carbonyl (C=O) groups excluding carboxylic acids is 2. The van der Waals surface area contributed by atoms with Crippen LogP contribution in [0.2, 0.25) is 0 Å². The fourth-order valence-electron chi connectivity index (χ4n) is 5.74. The molecule has 220 valence electrons. The maximum Gasteiger partial charge on any atom is 0.490 e. The van der Waals surface area contributed by atoms with E-state index in [1.165, 1.54) is 76.8 Å². The summed E-state index contributed by atoms with van der Waals surface area (Å²) in [6.07, 6.45) is 3.01. The van der Waals surface area contributed by atoms with Gasteiger partial charge < -0.3 is 15.3 Å². The van der Waals surface area contributed by atoms with Crippen molar-refractivity contribution in [2.45, 2.75) is 57.0 Å². The number of carboxylic acids is 1. The van der Waals surface area contributed by atoms with Gasteiger partial charge >= 0.3 is 18.2 Å². The number of hydrogen-bond donors (Lipinski definition) is 3. The Bertz CT molecular complexity index is 1200. The first-order valence-electron chi connectivity index (χ1n) is 13.8. The van der Waals surface area contributed by atoms with Crippen LogP contribution in [-0.4, -0.2) is 83.1 Å². The zero-order valence-electron chi connectivity index (χ0n) is 22.7. The first-order chi connectivity index (χ1) is 19.0.